The molecule has 2 heterocycles. The zero-order valence-electron chi connectivity index (χ0n) is 16.5. The zero-order valence-corrected chi connectivity index (χ0v) is 18.1. The van der Waals surface area contributed by atoms with Crippen LogP contribution in [0.2, 0.25) is 0 Å². The number of hydrogen-bond acceptors (Lipinski definition) is 5. The third-order valence-corrected chi connectivity index (χ3v) is 7.23. The summed E-state index contributed by atoms with van der Waals surface area (Å²) >= 11 is 3.15. The fourth-order valence-electron chi connectivity index (χ4n) is 3.86. The summed E-state index contributed by atoms with van der Waals surface area (Å²) in [5.41, 5.74) is 1.08. The van der Waals surface area contributed by atoms with Gasteiger partial charge in [-0.05, 0) is 18.9 Å². The molecule has 1 aromatic carbocycles. The fraction of sp³-hybridized carbons (Fsp3) is 0.409. The Morgan fingerprint density at radius 1 is 1.24 bits per heavy atom. The van der Waals surface area contributed by atoms with Gasteiger partial charge < -0.3 is 5.32 Å². The van der Waals surface area contributed by atoms with Crippen molar-refractivity contribution in [2.45, 2.75) is 56.3 Å². The molecule has 0 saturated heterocycles. The van der Waals surface area contributed by atoms with Crippen LogP contribution in [0.3, 0.4) is 0 Å². The van der Waals surface area contributed by atoms with Crippen LogP contribution in [-0.4, -0.2) is 32.5 Å². The van der Waals surface area contributed by atoms with Gasteiger partial charge in [-0.3, -0.25) is 9.36 Å². The summed E-state index contributed by atoms with van der Waals surface area (Å²) in [6.07, 6.45) is 9.03. The van der Waals surface area contributed by atoms with E-state index in [1.165, 1.54) is 47.5 Å². The first-order valence-corrected chi connectivity index (χ1v) is 12.1. The van der Waals surface area contributed by atoms with Gasteiger partial charge in [0.05, 0.1) is 5.75 Å². The van der Waals surface area contributed by atoms with Crippen molar-refractivity contribution in [3.8, 4) is 11.4 Å². The molecule has 1 aliphatic rings. The molecule has 29 heavy (non-hydrogen) atoms. The smallest absolute Gasteiger partial charge is 0.230 e. The minimum atomic E-state index is 0.0811. The number of nitrogens with one attached hydrogen (secondary N) is 1. The Balaban J connectivity index is 1.48. The third-order valence-electron chi connectivity index (χ3n) is 5.30. The fourth-order valence-corrected chi connectivity index (χ4v) is 5.56. The van der Waals surface area contributed by atoms with E-state index in [0.717, 1.165) is 29.4 Å². The summed E-state index contributed by atoms with van der Waals surface area (Å²) in [6, 6.07) is 8.64. The highest BCUT2D eigenvalue weighted by Crippen LogP contribution is 2.34. The highest BCUT2D eigenvalue weighted by molar-refractivity contribution is 7.99. The van der Waals surface area contributed by atoms with Gasteiger partial charge in [0.2, 0.25) is 5.91 Å². The number of rotatable bonds is 7. The maximum Gasteiger partial charge on any atom is 0.230 e. The quantitative estimate of drug-likeness (QED) is 0.317. The van der Waals surface area contributed by atoms with Crippen LogP contribution in [0.5, 0.6) is 0 Å². The van der Waals surface area contributed by atoms with Crippen LogP contribution in [0, 0.1) is 0 Å². The molecule has 7 heteroatoms. The highest BCUT2D eigenvalue weighted by Gasteiger charge is 2.19. The van der Waals surface area contributed by atoms with Gasteiger partial charge in [-0.1, -0.05) is 61.7 Å². The summed E-state index contributed by atoms with van der Waals surface area (Å²) < 4.78 is 3.28. The van der Waals surface area contributed by atoms with E-state index in [2.05, 4.69) is 39.6 Å². The molecular weight excluding hydrogens is 400 g/mol. The molecule has 3 aromatic rings. The molecule has 1 saturated carbocycles. The van der Waals surface area contributed by atoms with E-state index in [0.29, 0.717) is 18.3 Å². The van der Waals surface area contributed by atoms with Crippen LogP contribution in [-0.2, 0) is 11.3 Å². The van der Waals surface area contributed by atoms with Crippen molar-refractivity contribution in [1.82, 2.24) is 20.1 Å². The van der Waals surface area contributed by atoms with Crippen molar-refractivity contribution < 1.29 is 4.79 Å². The van der Waals surface area contributed by atoms with Gasteiger partial charge in [-0.25, -0.2) is 0 Å². The number of allylic oxidation sites excluding steroid dienone is 1. The minimum absolute atomic E-state index is 0.0811. The largest absolute Gasteiger partial charge is 0.353 e. The van der Waals surface area contributed by atoms with E-state index in [4.69, 9.17) is 0 Å². The lowest BCUT2D eigenvalue weighted by atomic mass is 10.1. The molecule has 4 rings (SSSR count). The number of thioether (sulfide) groups is 1. The molecule has 0 bridgehead atoms. The van der Waals surface area contributed by atoms with Crippen molar-refractivity contribution in [2.24, 2.45) is 0 Å². The average Bonchev–Trinajstić information content (AvgIpc) is 3.23. The van der Waals surface area contributed by atoms with Crippen molar-refractivity contribution >= 4 is 39.1 Å². The Labute approximate surface area is 179 Å². The van der Waals surface area contributed by atoms with Crippen LogP contribution in [0.4, 0.5) is 0 Å². The summed E-state index contributed by atoms with van der Waals surface area (Å²) in [5, 5.41) is 16.1. The van der Waals surface area contributed by atoms with Gasteiger partial charge in [-0.2, -0.15) is 0 Å². The van der Waals surface area contributed by atoms with Crippen LogP contribution >= 0.6 is 23.1 Å². The van der Waals surface area contributed by atoms with E-state index in [-0.39, 0.29) is 5.91 Å². The monoisotopic (exact) mass is 426 g/mol. The van der Waals surface area contributed by atoms with E-state index in [1.807, 2.05) is 22.8 Å². The van der Waals surface area contributed by atoms with Gasteiger partial charge in [0.1, 0.15) is 0 Å². The maximum atomic E-state index is 12.5. The lowest BCUT2D eigenvalue weighted by molar-refractivity contribution is -0.119. The molecule has 1 N–H and O–H groups in total. The molecular formula is C22H26N4OS2. The highest BCUT2D eigenvalue weighted by atomic mass is 32.2. The first kappa shape index (κ1) is 20.2. The number of thiophene rings is 1. The summed E-state index contributed by atoms with van der Waals surface area (Å²) in [4.78, 5) is 12.5. The normalized spacial score (nSPS) is 15.3. The van der Waals surface area contributed by atoms with Crippen LogP contribution in [0.1, 0.15) is 38.5 Å². The first-order chi connectivity index (χ1) is 14.3. The molecule has 0 atom stereocenters. The number of hydrogen-bond donors (Lipinski definition) is 1. The van der Waals surface area contributed by atoms with Crippen LogP contribution < -0.4 is 5.32 Å². The van der Waals surface area contributed by atoms with E-state index < -0.39 is 0 Å². The van der Waals surface area contributed by atoms with E-state index in [1.54, 1.807) is 11.3 Å². The Bertz CT molecular complexity index is 986. The van der Waals surface area contributed by atoms with Crippen molar-refractivity contribution in [1.29, 1.82) is 0 Å². The zero-order chi connectivity index (χ0) is 20.1. The molecule has 152 valence electrons. The second kappa shape index (κ2) is 9.59. The minimum Gasteiger partial charge on any atom is -0.353 e. The molecule has 1 fully saturated rings. The topological polar surface area (TPSA) is 59.8 Å². The molecule has 0 spiro atoms. The standard InChI is InChI=1S/C22H26N4OS2/c1-2-13-26-21(18-14-28-19-12-8-7-11-17(18)19)24-25-22(26)29-15-20(27)23-16-9-5-3-4-6-10-16/h2,7-8,11-12,14,16H,1,3-6,9-10,13,15H2,(H,23,27). The predicted octanol–water partition coefficient (Wildman–Crippen LogP) is 5.28. The van der Waals surface area contributed by atoms with Crippen molar-refractivity contribution in [3.63, 3.8) is 0 Å². The second-order valence-corrected chi connectivity index (χ2v) is 9.25. The third kappa shape index (κ3) is 4.73. The lowest BCUT2D eigenvalue weighted by Gasteiger charge is -2.16. The number of nitrogens with zero attached hydrogens (tertiary/aromatic N) is 3. The predicted molar refractivity (Wildman–Crippen MR) is 121 cm³/mol. The Morgan fingerprint density at radius 2 is 2.03 bits per heavy atom. The molecule has 0 aliphatic heterocycles. The van der Waals surface area contributed by atoms with Crippen LogP contribution in [0.15, 0.2) is 47.5 Å². The van der Waals surface area contributed by atoms with E-state index in [9.17, 15) is 4.79 Å². The number of carbonyl (C=O) groups excluding carboxylic acids is 1. The first-order valence-electron chi connectivity index (χ1n) is 10.2. The Hall–Kier alpha value is -2.12. The second-order valence-electron chi connectivity index (χ2n) is 7.40. The van der Waals surface area contributed by atoms with Crippen molar-refractivity contribution in [2.75, 3.05) is 5.75 Å². The summed E-state index contributed by atoms with van der Waals surface area (Å²) in [5.74, 6) is 1.27. The molecule has 0 radical (unpaired) electrons. The van der Waals surface area contributed by atoms with E-state index >= 15 is 0 Å². The lowest BCUT2D eigenvalue weighted by Crippen LogP contribution is -2.35. The number of aromatic nitrogens is 3. The van der Waals surface area contributed by atoms with Gasteiger partial charge in [-0.15, -0.1) is 28.1 Å². The number of amides is 1. The average molecular weight is 427 g/mol. The SMILES string of the molecule is C=CCn1c(SCC(=O)NC2CCCCCC2)nnc1-c1csc2ccccc12. The van der Waals surface area contributed by atoms with Gasteiger partial charge in [0, 0.05) is 33.6 Å². The molecule has 2 aromatic heterocycles. The molecule has 0 unspecified atom stereocenters. The summed E-state index contributed by atoms with van der Waals surface area (Å²) in [6.45, 7) is 4.49. The van der Waals surface area contributed by atoms with Crippen LogP contribution in [0.25, 0.3) is 21.5 Å². The summed E-state index contributed by atoms with van der Waals surface area (Å²) in [7, 11) is 0. The van der Waals surface area contributed by atoms with Gasteiger partial charge in [0.15, 0.2) is 11.0 Å². The Kier molecular flexibility index (Phi) is 6.67. The number of fused-ring (bicyclic) bond motifs is 1. The Morgan fingerprint density at radius 3 is 2.83 bits per heavy atom. The molecule has 1 amide bonds. The maximum absolute atomic E-state index is 12.5. The van der Waals surface area contributed by atoms with Gasteiger partial charge in [0.25, 0.3) is 0 Å². The van der Waals surface area contributed by atoms with Crippen molar-refractivity contribution in [3.05, 3.63) is 42.3 Å². The molecule has 1 aliphatic carbocycles. The molecule has 5 nitrogen and oxygen atoms in total. The van der Waals surface area contributed by atoms with Gasteiger partial charge >= 0.3 is 0 Å². The number of carbonyl (C=O) groups is 1. The number of benzene rings is 1.